The van der Waals surface area contributed by atoms with Crippen molar-refractivity contribution in [3.05, 3.63) is 28.2 Å². The predicted octanol–water partition coefficient (Wildman–Crippen LogP) is 4.23. The Bertz CT molecular complexity index is 603. The summed E-state index contributed by atoms with van der Waals surface area (Å²) < 4.78 is 38.4. The zero-order valence-electron chi connectivity index (χ0n) is 12.4. The quantitative estimate of drug-likeness (QED) is 0.696. The molecule has 0 bridgehead atoms. The number of hydrogen-bond donors (Lipinski definition) is 3. The molecular weight excluding hydrogens is 381 g/mol. The molecule has 0 saturated carbocycles. The second-order valence-corrected chi connectivity index (χ2v) is 6.40. The largest absolute Gasteiger partial charge is 0.481 e. The number of nitrogens with one attached hydrogen (secondary N) is 2. The normalized spacial score (nSPS) is 11.9. The third kappa shape index (κ3) is 6.47. The maximum absolute atomic E-state index is 12.7. The van der Waals surface area contributed by atoms with E-state index < -0.39 is 29.3 Å². The number of urea groups is 1. The summed E-state index contributed by atoms with van der Waals surface area (Å²) in [5.74, 6) is -0.999. The van der Waals surface area contributed by atoms with Gasteiger partial charge in [0.2, 0.25) is 0 Å². The highest BCUT2D eigenvalue weighted by atomic mass is 79.9. The lowest BCUT2D eigenvalue weighted by molar-refractivity contribution is -0.138. The summed E-state index contributed by atoms with van der Waals surface area (Å²) in [5.41, 5.74) is -1.75. The van der Waals surface area contributed by atoms with Crippen LogP contribution in [-0.4, -0.2) is 22.6 Å². The van der Waals surface area contributed by atoms with Crippen LogP contribution in [0.25, 0.3) is 0 Å². The molecule has 0 atom stereocenters. The predicted molar refractivity (Wildman–Crippen MR) is 82.2 cm³/mol. The molecule has 0 aromatic heterocycles. The van der Waals surface area contributed by atoms with Gasteiger partial charge in [-0.3, -0.25) is 4.79 Å². The van der Waals surface area contributed by atoms with Crippen LogP contribution in [0.2, 0.25) is 0 Å². The van der Waals surface area contributed by atoms with E-state index in [2.05, 4.69) is 26.6 Å². The first-order valence-electron chi connectivity index (χ1n) is 6.58. The second-order valence-electron chi connectivity index (χ2n) is 5.55. The minimum absolute atomic E-state index is 0.0358. The van der Waals surface area contributed by atoms with Gasteiger partial charge in [-0.25, -0.2) is 4.79 Å². The number of amides is 2. The fourth-order valence-electron chi connectivity index (χ4n) is 1.74. The van der Waals surface area contributed by atoms with E-state index in [0.29, 0.717) is 4.47 Å². The molecule has 0 fully saturated rings. The molecular formula is C14H16BrF3N2O3. The summed E-state index contributed by atoms with van der Waals surface area (Å²) in [7, 11) is 0. The molecule has 1 aromatic rings. The van der Waals surface area contributed by atoms with E-state index in [1.165, 1.54) is 6.07 Å². The van der Waals surface area contributed by atoms with Gasteiger partial charge in [-0.05, 0) is 54.4 Å². The van der Waals surface area contributed by atoms with Crippen molar-refractivity contribution in [2.75, 3.05) is 5.32 Å². The highest BCUT2D eigenvalue weighted by molar-refractivity contribution is 9.10. The van der Waals surface area contributed by atoms with Gasteiger partial charge in [-0.1, -0.05) is 0 Å². The number of carbonyl (C=O) groups excluding carboxylic acids is 1. The van der Waals surface area contributed by atoms with Crippen LogP contribution >= 0.6 is 15.9 Å². The maximum Gasteiger partial charge on any atom is 0.416 e. The molecule has 0 aliphatic carbocycles. The Morgan fingerprint density at radius 2 is 1.87 bits per heavy atom. The van der Waals surface area contributed by atoms with Crippen LogP contribution in [0.1, 0.15) is 32.3 Å². The summed E-state index contributed by atoms with van der Waals surface area (Å²) in [6.45, 7) is 3.24. The van der Waals surface area contributed by atoms with E-state index >= 15 is 0 Å². The third-order valence-corrected chi connectivity index (χ3v) is 3.65. The number of hydrogen-bond acceptors (Lipinski definition) is 2. The highest BCUT2D eigenvalue weighted by Gasteiger charge is 2.31. The Morgan fingerprint density at radius 1 is 1.26 bits per heavy atom. The van der Waals surface area contributed by atoms with Gasteiger partial charge in [0.1, 0.15) is 0 Å². The molecule has 2 amide bonds. The van der Waals surface area contributed by atoms with Crippen LogP contribution in [0.15, 0.2) is 22.7 Å². The molecule has 0 aliphatic heterocycles. The minimum Gasteiger partial charge on any atom is -0.481 e. The standard InChI is InChI=1S/C14H16BrF3N2O3/c1-13(2,6-5-11(21)22)20-12(23)19-10-7-8(14(16,17)18)3-4-9(10)15/h3-4,7H,5-6H2,1-2H3,(H,21,22)(H2,19,20,23). The molecule has 1 aromatic carbocycles. The minimum atomic E-state index is -4.52. The van der Waals surface area contributed by atoms with Crippen molar-refractivity contribution in [1.82, 2.24) is 5.32 Å². The highest BCUT2D eigenvalue weighted by Crippen LogP contribution is 2.34. The molecule has 0 heterocycles. The number of carboxylic acids is 1. The molecule has 0 radical (unpaired) electrons. The molecule has 9 heteroatoms. The van der Waals surface area contributed by atoms with Crippen LogP contribution in [0.5, 0.6) is 0 Å². The van der Waals surface area contributed by atoms with Crippen LogP contribution < -0.4 is 10.6 Å². The van der Waals surface area contributed by atoms with Crippen LogP contribution in [0.3, 0.4) is 0 Å². The van der Waals surface area contributed by atoms with E-state index in [1.54, 1.807) is 13.8 Å². The third-order valence-electron chi connectivity index (χ3n) is 2.96. The van der Waals surface area contributed by atoms with Gasteiger partial charge in [0.15, 0.2) is 0 Å². The molecule has 23 heavy (non-hydrogen) atoms. The summed E-state index contributed by atoms with van der Waals surface area (Å²) in [6, 6.07) is 2.17. The number of anilines is 1. The van der Waals surface area contributed by atoms with E-state index in [1.807, 2.05) is 0 Å². The first-order chi connectivity index (χ1) is 10.4. The number of halogens is 4. The van der Waals surface area contributed by atoms with Crippen molar-refractivity contribution in [2.45, 2.75) is 38.4 Å². The van der Waals surface area contributed by atoms with E-state index in [0.717, 1.165) is 12.1 Å². The van der Waals surface area contributed by atoms with Crippen molar-refractivity contribution < 1.29 is 27.9 Å². The first-order valence-corrected chi connectivity index (χ1v) is 7.38. The van der Waals surface area contributed by atoms with Crippen molar-refractivity contribution in [2.24, 2.45) is 0 Å². The Balaban J connectivity index is 2.79. The molecule has 128 valence electrons. The maximum atomic E-state index is 12.7. The van der Waals surface area contributed by atoms with Gasteiger partial charge >= 0.3 is 18.2 Å². The molecule has 1 rings (SSSR count). The van der Waals surface area contributed by atoms with Crippen LogP contribution in [-0.2, 0) is 11.0 Å². The van der Waals surface area contributed by atoms with Gasteiger partial charge < -0.3 is 15.7 Å². The van der Waals surface area contributed by atoms with Gasteiger partial charge in [0.05, 0.1) is 11.3 Å². The average molecular weight is 397 g/mol. The Labute approximate surface area is 139 Å². The molecule has 0 aliphatic rings. The fraction of sp³-hybridized carbons (Fsp3) is 0.429. The van der Waals surface area contributed by atoms with Crippen molar-refractivity contribution in [1.29, 1.82) is 0 Å². The smallest absolute Gasteiger partial charge is 0.416 e. The second kappa shape index (κ2) is 7.20. The zero-order chi connectivity index (χ0) is 17.8. The van der Waals surface area contributed by atoms with E-state index in [-0.39, 0.29) is 18.5 Å². The number of rotatable bonds is 5. The van der Waals surface area contributed by atoms with Gasteiger partial charge in [-0.2, -0.15) is 13.2 Å². The Kier molecular flexibility index (Phi) is 6.04. The van der Waals surface area contributed by atoms with Crippen molar-refractivity contribution in [3.63, 3.8) is 0 Å². The van der Waals surface area contributed by atoms with Crippen molar-refractivity contribution >= 4 is 33.6 Å². The van der Waals surface area contributed by atoms with E-state index in [4.69, 9.17) is 5.11 Å². The molecule has 3 N–H and O–H groups in total. The first kappa shape index (κ1) is 19.3. The fourth-order valence-corrected chi connectivity index (χ4v) is 2.09. The summed E-state index contributed by atoms with van der Waals surface area (Å²) in [4.78, 5) is 22.5. The number of carboxylic acid groups (broad SMARTS) is 1. The number of aliphatic carboxylic acids is 1. The summed E-state index contributed by atoms with van der Waals surface area (Å²) in [5, 5.41) is 13.5. The van der Waals surface area contributed by atoms with E-state index in [9.17, 15) is 22.8 Å². The number of alkyl halides is 3. The molecule has 5 nitrogen and oxygen atoms in total. The summed E-state index contributed by atoms with van der Waals surface area (Å²) in [6.07, 6.45) is -4.48. The van der Waals surface area contributed by atoms with Gasteiger partial charge in [0.25, 0.3) is 0 Å². The van der Waals surface area contributed by atoms with Gasteiger partial charge in [0, 0.05) is 16.4 Å². The lowest BCUT2D eigenvalue weighted by atomic mass is 9.99. The molecule has 0 spiro atoms. The van der Waals surface area contributed by atoms with Crippen LogP contribution in [0, 0.1) is 0 Å². The lowest BCUT2D eigenvalue weighted by Crippen LogP contribution is -2.45. The number of benzene rings is 1. The van der Waals surface area contributed by atoms with Crippen molar-refractivity contribution in [3.8, 4) is 0 Å². The average Bonchev–Trinajstić information content (AvgIpc) is 2.37. The molecule has 0 unspecified atom stereocenters. The monoisotopic (exact) mass is 396 g/mol. The Hall–Kier alpha value is -1.77. The lowest BCUT2D eigenvalue weighted by Gasteiger charge is -2.26. The molecule has 0 saturated heterocycles. The van der Waals surface area contributed by atoms with Crippen LogP contribution in [0.4, 0.5) is 23.7 Å². The SMILES string of the molecule is CC(C)(CCC(=O)O)NC(=O)Nc1cc(C(F)(F)F)ccc1Br. The topological polar surface area (TPSA) is 78.4 Å². The summed E-state index contributed by atoms with van der Waals surface area (Å²) >= 11 is 3.07. The van der Waals surface area contributed by atoms with Gasteiger partial charge in [-0.15, -0.1) is 0 Å². The zero-order valence-corrected chi connectivity index (χ0v) is 14.0. The Morgan fingerprint density at radius 3 is 2.39 bits per heavy atom. The number of carbonyl (C=O) groups is 2.